The zero-order valence-electron chi connectivity index (χ0n) is 16.7. The highest BCUT2D eigenvalue weighted by molar-refractivity contribution is 14.1. The molecule has 160 valence electrons. The Kier molecular flexibility index (Phi) is 4.47. The number of pyridine rings is 1. The van der Waals surface area contributed by atoms with Gasteiger partial charge in [0.2, 0.25) is 5.91 Å². The largest absolute Gasteiger partial charge is 0.380 e. The summed E-state index contributed by atoms with van der Waals surface area (Å²) in [6, 6.07) is 10.3. The maximum atomic E-state index is 14.3. The Morgan fingerprint density at radius 3 is 2.91 bits per heavy atom. The number of fused-ring (bicyclic) bond motifs is 3. The number of rotatable bonds is 3. The van der Waals surface area contributed by atoms with Crippen LogP contribution in [0.1, 0.15) is 17.5 Å². The number of aromatic nitrogens is 5. The molecule has 1 unspecified atom stereocenters. The number of carbonyl (C=O) groups is 1. The molecule has 8 nitrogen and oxygen atoms in total. The Bertz CT molecular complexity index is 1400. The molecule has 1 spiro atoms. The van der Waals surface area contributed by atoms with Crippen molar-refractivity contribution in [1.29, 1.82) is 0 Å². The van der Waals surface area contributed by atoms with Crippen molar-refractivity contribution in [3.05, 3.63) is 63.2 Å². The number of benzene rings is 1. The van der Waals surface area contributed by atoms with Crippen LogP contribution in [0.25, 0.3) is 22.6 Å². The molecule has 0 aliphatic carbocycles. The van der Waals surface area contributed by atoms with Gasteiger partial charge in [-0.3, -0.25) is 4.79 Å². The molecule has 2 aliphatic heterocycles. The van der Waals surface area contributed by atoms with E-state index in [1.165, 1.54) is 6.07 Å². The molecule has 1 aromatic carbocycles. The SMILES string of the molecule is O=C1Nc2nc(-c3nn(Cc4ccccc4F)c4ncccc34)nc(I)c2C12CCOC2. The first-order valence-corrected chi connectivity index (χ1v) is 11.2. The van der Waals surface area contributed by atoms with Crippen molar-refractivity contribution in [2.24, 2.45) is 0 Å². The second kappa shape index (κ2) is 7.27. The van der Waals surface area contributed by atoms with Crippen LogP contribution in [0.3, 0.4) is 0 Å². The van der Waals surface area contributed by atoms with Crippen LogP contribution in [0.2, 0.25) is 0 Å². The van der Waals surface area contributed by atoms with E-state index in [0.717, 1.165) is 10.9 Å². The summed E-state index contributed by atoms with van der Waals surface area (Å²) in [5, 5.41) is 8.35. The Hall–Kier alpha value is -2.99. The lowest BCUT2D eigenvalue weighted by molar-refractivity contribution is -0.120. The van der Waals surface area contributed by atoms with E-state index in [9.17, 15) is 9.18 Å². The summed E-state index contributed by atoms with van der Waals surface area (Å²) < 4.78 is 22.1. The number of anilines is 1. The van der Waals surface area contributed by atoms with Crippen LogP contribution in [0.4, 0.5) is 10.2 Å². The lowest BCUT2D eigenvalue weighted by Crippen LogP contribution is -2.35. The van der Waals surface area contributed by atoms with Gasteiger partial charge in [-0.25, -0.2) is 24.0 Å². The van der Waals surface area contributed by atoms with Crippen molar-refractivity contribution in [2.75, 3.05) is 18.5 Å². The van der Waals surface area contributed by atoms with E-state index in [2.05, 4.69) is 37.9 Å². The maximum Gasteiger partial charge on any atom is 0.238 e. The molecule has 32 heavy (non-hydrogen) atoms. The van der Waals surface area contributed by atoms with E-state index in [4.69, 9.17) is 14.8 Å². The minimum Gasteiger partial charge on any atom is -0.380 e. The second-order valence-corrected chi connectivity index (χ2v) is 8.89. The van der Waals surface area contributed by atoms with Crippen LogP contribution in [-0.2, 0) is 21.5 Å². The zero-order valence-corrected chi connectivity index (χ0v) is 18.8. The van der Waals surface area contributed by atoms with E-state index >= 15 is 0 Å². The average molecular weight is 542 g/mol. The summed E-state index contributed by atoms with van der Waals surface area (Å²) in [6.07, 6.45) is 2.28. The molecule has 0 bridgehead atoms. The fourth-order valence-electron chi connectivity index (χ4n) is 4.41. The Morgan fingerprint density at radius 1 is 1.22 bits per heavy atom. The monoisotopic (exact) mass is 542 g/mol. The zero-order chi connectivity index (χ0) is 21.9. The van der Waals surface area contributed by atoms with Crippen molar-refractivity contribution in [3.63, 3.8) is 0 Å². The number of amides is 1. The second-order valence-electron chi connectivity index (χ2n) is 7.87. The summed E-state index contributed by atoms with van der Waals surface area (Å²) in [4.78, 5) is 26.6. The third kappa shape index (κ3) is 2.85. The number of ether oxygens (including phenoxy) is 1. The Balaban J connectivity index is 1.49. The highest BCUT2D eigenvalue weighted by atomic mass is 127. The van der Waals surface area contributed by atoms with Gasteiger partial charge in [-0.05, 0) is 47.2 Å². The fraction of sp³-hybridized carbons (Fsp3) is 0.227. The van der Waals surface area contributed by atoms with Crippen molar-refractivity contribution in [3.8, 4) is 11.5 Å². The first kappa shape index (κ1) is 19.7. The van der Waals surface area contributed by atoms with Crippen LogP contribution in [0, 0.1) is 9.52 Å². The van der Waals surface area contributed by atoms with E-state index in [0.29, 0.717) is 51.9 Å². The topological polar surface area (TPSA) is 94.8 Å². The van der Waals surface area contributed by atoms with Gasteiger partial charge in [0.1, 0.15) is 26.4 Å². The quantitative estimate of drug-likeness (QED) is 0.316. The van der Waals surface area contributed by atoms with Gasteiger partial charge in [-0.2, -0.15) is 5.10 Å². The van der Waals surface area contributed by atoms with Gasteiger partial charge < -0.3 is 10.1 Å². The summed E-state index contributed by atoms with van der Waals surface area (Å²) >= 11 is 2.14. The highest BCUT2D eigenvalue weighted by Gasteiger charge is 2.52. The number of hydrogen-bond acceptors (Lipinski definition) is 6. The molecule has 2 aliphatic rings. The first-order valence-electron chi connectivity index (χ1n) is 10.1. The smallest absolute Gasteiger partial charge is 0.238 e. The normalized spacial score (nSPS) is 19.6. The van der Waals surface area contributed by atoms with Crippen LogP contribution in [-0.4, -0.2) is 43.9 Å². The lowest BCUT2D eigenvalue weighted by Gasteiger charge is -2.19. The molecule has 1 fully saturated rings. The molecule has 1 saturated heterocycles. The van der Waals surface area contributed by atoms with E-state index in [1.807, 2.05) is 12.1 Å². The predicted molar refractivity (Wildman–Crippen MR) is 123 cm³/mol. The van der Waals surface area contributed by atoms with Crippen molar-refractivity contribution < 1.29 is 13.9 Å². The Morgan fingerprint density at radius 2 is 2.09 bits per heavy atom. The third-order valence-corrected chi connectivity index (χ3v) is 6.81. The molecule has 0 radical (unpaired) electrons. The first-order chi connectivity index (χ1) is 15.6. The predicted octanol–water partition coefficient (Wildman–Crippen LogP) is 3.29. The van der Waals surface area contributed by atoms with Gasteiger partial charge in [-0.1, -0.05) is 18.2 Å². The fourth-order valence-corrected chi connectivity index (χ4v) is 5.41. The van der Waals surface area contributed by atoms with Gasteiger partial charge in [-0.15, -0.1) is 0 Å². The number of nitrogens with zero attached hydrogens (tertiary/aromatic N) is 5. The van der Waals surface area contributed by atoms with Gasteiger partial charge in [0.15, 0.2) is 11.5 Å². The number of nitrogens with one attached hydrogen (secondary N) is 1. The van der Waals surface area contributed by atoms with E-state index in [-0.39, 0.29) is 18.3 Å². The van der Waals surface area contributed by atoms with Crippen molar-refractivity contribution >= 4 is 45.3 Å². The standard InChI is InChI=1S/C22H16FIN6O2/c23-14-6-2-1-4-12(14)10-30-20-13(5-3-8-25-20)16(29-30)19-26-17(24)15-18(27-19)28-21(31)22(15)7-9-32-11-22/h1-6,8H,7,9-11H2,(H,26,27,28,31). The van der Waals surface area contributed by atoms with Gasteiger partial charge in [0.25, 0.3) is 0 Å². The minimum absolute atomic E-state index is 0.106. The van der Waals surface area contributed by atoms with Crippen molar-refractivity contribution in [2.45, 2.75) is 18.4 Å². The summed E-state index contributed by atoms with van der Waals surface area (Å²) in [5.41, 5.74) is 1.71. The Labute approximate surface area is 195 Å². The van der Waals surface area contributed by atoms with Crippen LogP contribution < -0.4 is 5.32 Å². The van der Waals surface area contributed by atoms with Gasteiger partial charge in [0, 0.05) is 23.9 Å². The highest BCUT2D eigenvalue weighted by Crippen LogP contribution is 2.45. The van der Waals surface area contributed by atoms with Crippen LogP contribution >= 0.6 is 22.6 Å². The third-order valence-electron chi connectivity index (χ3n) is 6.03. The molecule has 3 aromatic heterocycles. The molecule has 1 N–H and O–H groups in total. The molecule has 1 amide bonds. The molecule has 5 heterocycles. The van der Waals surface area contributed by atoms with Gasteiger partial charge in [0.05, 0.1) is 18.5 Å². The molecule has 10 heteroatoms. The molecular formula is C22H16FIN6O2. The maximum absolute atomic E-state index is 14.3. The van der Waals surface area contributed by atoms with Gasteiger partial charge >= 0.3 is 0 Å². The van der Waals surface area contributed by atoms with Crippen LogP contribution in [0.5, 0.6) is 0 Å². The molecule has 0 saturated carbocycles. The average Bonchev–Trinajstić information content (AvgIpc) is 3.48. The number of hydrogen-bond donors (Lipinski definition) is 1. The summed E-state index contributed by atoms with van der Waals surface area (Å²) in [6.45, 7) is 1.08. The molecule has 6 rings (SSSR count). The van der Waals surface area contributed by atoms with E-state index in [1.54, 1.807) is 29.1 Å². The lowest BCUT2D eigenvalue weighted by atomic mass is 9.82. The summed E-state index contributed by atoms with van der Waals surface area (Å²) in [7, 11) is 0. The summed E-state index contributed by atoms with van der Waals surface area (Å²) in [5.74, 6) is 0.472. The minimum atomic E-state index is -0.724. The van der Waals surface area contributed by atoms with E-state index < -0.39 is 5.41 Å². The van der Waals surface area contributed by atoms with Crippen molar-refractivity contribution in [1.82, 2.24) is 24.7 Å². The number of carbonyl (C=O) groups excluding carboxylic acids is 1. The molecule has 4 aromatic rings. The number of halogens is 2. The molecular weight excluding hydrogens is 526 g/mol. The molecule has 1 atom stereocenters. The van der Waals surface area contributed by atoms with Crippen LogP contribution in [0.15, 0.2) is 42.6 Å².